The second kappa shape index (κ2) is 7.65. The molecule has 0 radical (unpaired) electrons. The fraction of sp³-hybridized carbons (Fsp3) is 0.130. The second-order valence-electron chi connectivity index (χ2n) is 7.29. The Kier molecular flexibility index (Phi) is 4.79. The van der Waals surface area contributed by atoms with E-state index in [2.05, 4.69) is 0 Å². The molecule has 0 aliphatic carbocycles. The Morgan fingerprint density at radius 2 is 1.91 bits per heavy atom. The van der Waals surface area contributed by atoms with Crippen LogP contribution in [0, 0.1) is 0 Å². The molecule has 1 fully saturated rings. The number of aliphatic hydroxyl groups is 1. The predicted molar refractivity (Wildman–Crippen MR) is 112 cm³/mol. The molecule has 1 saturated heterocycles. The van der Waals surface area contributed by atoms with Gasteiger partial charge in [-0.05, 0) is 48.0 Å². The number of aliphatic hydroxyl groups excluding tert-OH is 1. The van der Waals surface area contributed by atoms with Crippen molar-refractivity contribution in [3.8, 4) is 17.2 Å². The van der Waals surface area contributed by atoms with Gasteiger partial charge in [0.15, 0.2) is 11.5 Å². The molecule has 2 aromatic carbocycles. The fourth-order valence-electron chi connectivity index (χ4n) is 3.85. The van der Waals surface area contributed by atoms with E-state index >= 15 is 0 Å². The number of carbonyl (C=O) groups excluding carboxylic acids is 2. The molecule has 0 bridgehead atoms. The van der Waals surface area contributed by atoms with E-state index in [1.54, 1.807) is 36.4 Å². The molecule has 1 aromatic heterocycles. The fourth-order valence-corrected chi connectivity index (χ4v) is 4.04. The van der Waals surface area contributed by atoms with Crippen LogP contribution in [0.1, 0.15) is 22.9 Å². The van der Waals surface area contributed by atoms with Crippen LogP contribution in [0.15, 0.2) is 64.8 Å². The number of benzene rings is 2. The van der Waals surface area contributed by atoms with Crippen molar-refractivity contribution in [1.29, 1.82) is 0 Å². The van der Waals surface area contributed by atoms with E-state index in [0.29, 0.717) is 28.4 Å². The average Bonchev–Trinajstić information content (AvgIpc) is 3.52. The van der Waals surface area contributed by atoms with Gasteiger partial charge in [-0.2, -0.15) is 0 Å². The van der Waals surface area contributed by atoms with Crippen molar-refractivity contribution >= 4 is 29.1 Å². The van der Waals surface area contributed by atoms with Gasteiger partial charge < -0.3 is 29.0 Å². The van der Waals surface area contributed by atoms with E-state index < -0.39 is 17.7 Å². The number of ketones is 1. The number of hydrogen-bond acceptors (Lipinski definition) is 7. The largest absolute Gasteiger partial charge is 0.507 e. The molecular formula is C23H16ClNO7. The molecule has 3 aromatic rings. The van der Waals surface area contributed by atoms with Gasteiger partial charge in [-0.1, -0.05) is 17.7 Å². The number of nitrogens with zero attached hydrogens (tertiary/aromatic N) is 1. The number of phenols is 1. The minimum absolute atomic E-state index is 0.00133. The monoisotopic (exact) mass is 453 g/mol. The standard InChI is InChI=1S/C23H16ClNO7/c24-15-8-12(3-5-16(15)26)20-19(21(27)13-4-6-17-18(9-13)32-11-31-17)22(28)23(29)25(20)10-14-2-1-7-30-14/h1-9,20,26-27H,10-11H2/b21-19-. The third-order valence-corrected chi connectivity index (χ3v) is 5.68. The van der Waals surface area contributed by atoms with Crippen molar-refractivity contribution in [2.45, 2.75) is 12.6 Å². The number of amides is 1. The first kappa shape index (κ1) is 20.0. The summed E-state index contributed by atoms with van der Waals surface area (Å²) < 4.78 is 16.0. The maximum atomic E-state index is 13.1. The first-order valence-electron chi connectivity index (χ1n) is 9.63. The van der Waals surface area contributed by atoms with Crippen LogP contribution < -0.4 is 9.47 Å². The van der Waals surface area contributed by atoms with E-state index in [1.807, 2.05) is 0 Å². The van der Waals surface area contributed by atoms with Crippen LogP contribution in [-0.2, 0) is 16.1 Å². The number of hydrogen-bond donors (Lipinski definition) is 2. The summed E-state index contributed by atoms with van der Waals surface area (Å²) in [6, 6.07) is 11.5. The van der Waals surface area contributed by atoms with E-state index in [0.717, 1.165) is 0 Å². The number of phenolic OH excluding ortho intramolecular Hbond substituents is 1. The summed E-state index contributed by atoms with van der Waals surface area (Å²) in [4.78, 5) is 27.3. The molecular weight excluding hydrogens is 438 g/mol. The minimum Gasteiger partial charge on any atom is -0.507 e. The average molecular weight is 454 g/mol. The molecule has 3 heterocycles. The molecule has 1 unspecified atom stereocenters. The van der Waals surface area contributed by atoms with Gasteiger partial charge >= 0.3 is 0 Å². The summed E-state index contributed by atoms with van der Waals surface area (Å²) in [5.74, 6) is -0.750. The van der Waals surface area contributed by atoms with Gasteiger partial charge in [0.1, 0.15) is 17.3 Å². The highest BCUT2D eigenvalue weighted by molar-refractivity contribution is 6.46. The highest BCUT2D eigenvalue weighted by Crippen LogP contribution is 2.43. The first-order valence-corrected chi connectivity index (χ1v) is 10.0. The van der Waals surface area contributed by atoms with Gasteiger partial charge in [0.25, 0.3) is 11.7 Å². The third-order valence-electron chi connectivity index (χ3n) is 5.38. The zero-order valence-electron chi connectivity index (χ0n) is 16.4. The Hall–Kier alpha value is -3.91. The summed E-state index contributed by atoms with van der Waals surface area (Å²) in [6.07, 6.45) is 1.46. The molecule has 32 heavy (non-hydrogen) atoms. The normalized spacial score (nSPS) is 19.0. The first-order chi connectivity index (χ1) is 15.4. The SMILES string of the molecule is O=C1C(=O)N(Cc2ccco2)C(c2ccc(O)c(Cl)c2)/C1=C(/O)c1ccc2c(c1)OCO2. The Labute approximate surface area is 186 Å². The number of carbonyl (C=O) groups is 2. The van der Waals surface area contributed by atoms with Crippen molar-refractivity contribution in [2.75, 3.05) is 6.79 Å². The maximum absolute atomic E-state index is 13.1. The summed E-state index contributed by atoms with van der Waals surface area (Å²) >= 11 is 6.10. The number of halogens is 1. The van der Waals surface area contributed by atoms with Gasteiger partial charge in [0.05, 0.1) is 29.4 Å². The number of fused-ring (bicyclic) bond motifs is 1. The van der Waals surface area contributed by atoms with Crippen molar-refractivity contribution in [3.05, 3.63) is 82.3 Å². The topological polar surface area (TPSA) is 109 Å². The van der Waals surface area contributed by atoms with Gasteiger partial charge in [-0.15, -0.1) is 0 Å². The molecule has 0 saturated carbocycles. The highest BCUT2D eigenvalue weighted by atomic mass is 35.5. The highest BCUT2D eigenvalue weighted by Gasteiger charge is 2.46. The third kappa shape index (κ3) is 3.25. The summed E-state index contributed by atoms with van der Waals surface area (Å²) in [5.41, 5.74) is 0.628. The maximum Gasteiger partial charge on any atom is 0.296 e. The zero-order valence-corrected chi connectivity index (χ0v) is 17.2. The lowest BCUT2D eigenvalue weighted by atomic mass is 9.95. The second-order valence-corrected chi connectivity index (χ2v) is 7.69. The van der Waals surface area contributed by atoms with Crippen LogP contribution >= 0.6 is 11.6 Å². The van der Waals surface area contributed by atoms with Gasteiger partial charge in [0, 0.05) is 5.56 Å². The number of rotatable bonds is 4. The van der Waals surface area contributed by atoms with Crippen LogP contribution in [0.3, 0.4) is 0 Å². The number of ether oxygens (including phenoxy) is 2. The van der Waals surface area contributed by atoms with E-state index in [1.165, 1.54) is 23.3 Å². The Balaban J connectivity index is 1.66. The van der Waals surface area contributed by atoms with Crippen LogP contribution in [0.4, 0.5) is 0 Å². The lowest BCUT2D eigenvalue weighted by Crippen LogP contribution is -2.29. The van der Waals surface area contributed by atoms with Crippen molar-refractivity contribution in [3.63, 3.8) is 0 Å². The Bertz CT molecular complexity index is 1270. The molecule has 0 spiro atoms. The van der Waals surface area contributed by atoms with E-state index in [4.69, 9.17) is 25.5 Å². The molecule has 2 aliphatic heterocycles. The van der Waals surface area contributed by atoms with Gasteiger partial charge in [0.2, 0.25) is 6.79 Å². The van der Waals surface area contributed by atoms with Gasteiger partial charge in [-0.3, -0.25) is 9.59 Å². The number of furan rings is 1. The smallest absolute Gasteiger partial charge is 0.296 e. The molecule has 2 aliphatic rings. The lowest BCUT2D eigenvalue weighted by Gasteiger charge is -2.24. The number of likely N-dealkylation sites (tertiary alicyclic amines) is 1. The summed E-state index contributed by atoms with van der Waals surface area (Å²) in [6.45, 7) is 0.0533. The van der Waals surface area contributed by atoms with Crippen LogP contribution in [0.2, 0.25) is 5.02 Å². The molecule has 2 N–H and O–H groups in total. The molecule has 8 nitrogen and oxygen atoms in total. The van der Waals surface area contributed by atoms with Crippen molar-refractivity contribution < 1.29 is 33.7 Å². The van der Waals surface area contributed by atoms with Crippen LogP contribution in [0.5, 0.6) is 17.2 Å². The molecule has 5 rings (SSSR count). The van der Waals surface area contributed by atoms with E-state index in [9.17, 15) is 19.8 Å². The van der Waals surface area contributed by atoms with Crippen molar-refractivity contribution in [2.24, 2.45) is 0 Å². The van der Waals surface area contributed by atoms with Crippen molar-refractivity contribution in [1.82, 2.24) is 4.90 Å². The number of aromatic hydroxyl groups is 1. The minimum atomic E-state index is -0.955. The van der Waals surface area contributed by atoms with Gasteiger partial charge in [-0.25, -0.2) is 0 Å². The molecule has 9 heteroatoms. The van der Waals surface area contributed by atoms with Crippen LogP contribution in [0.25, 0.3) is 5.76 Å². The summed E-state index contributed by atoms with van der Waals surface area (Å²) in [5, 5.41) is 21.0. The quantitative estimate of drug-likeness (QED) is 0.349. The molecule has 1 atom stereocenters. The zero-order chi connectivity index (χ0) is 22.4. The summed E-state index contributed by atoms with van der Waals surface area (Å²) in [7, 11) is 0. The van der Waals surface area contributed by atoms with E-state index in [-0.39, 0.29) is 35.4 Å². The van der Waals surface area contributed by atoms with Crippen LogP contribution in [-0.4, -0.2) is 33.6 Å². The molecule has 1 amide bonds. The lowest BCUT2D eigenvalue weighted by molar-refractivity contribution is -0.140. The predicted octanol–water partition coefficient (Wildman–Crippen LogP) is 3.99. The Morgan fingerprint density at radius 1 is 1.09 bits per heavy atom. The molecule has 162 valence electrons. The Morgan fingerprint density at radius 3 is 2.66 bits per heavy atom. The number of Topliss-reactive ketones (excluding diaryl/α,β-unsaturated/α-hetero) is 1.